The molecule has 0 aliphatic rings. The highest BCUT2D eigenvalue weighted by atomic mass is 79.9. The van der Waals surface area contributed by atoms with E-state index in [9.17, 15) is 9.59 Å². The molecule has 0 bridgehead atoms. The quantitative estimate of drug-likeness (QED) is 0.834. The summed E-state index contributed by atoms with van der Waals surface area (Å²) in [6, 6.07) is 6.46. The summed E-state index contributed by atoms with van der Waals surface area (Å²) in [5, 5.41) is 7.80. The fourth-order valence-electron chi connectivity index (χ4n) is 1.87. The number of hydrogen-bond acceptors (Lipinski definition) is 4. The maximum absolute atomic E-state index is 12.4. The lowest BCUT2D eigenvalue weighted by atomic mass is 10.0. The minimum absolute atomic E-state index is 0.0496. The summed E-state index contributed by atoms with van der Waals surface area (Å²) < 4.78 is 0.690. The first-order valence-electron chi connectivity index (χ1n) is 6.74. The number of benzene rings is 1. The average molecular weight is 382 g/mol. The van der Waals surface area contributed by atoms with Crippen molar-refractivity contribution in [2.24, 2.45) is 5.92 Å². The normalized spacial score (nSPS) is 12.0. The average Bonchev–Trinajstić information content (AvgIpc) is 2.97. The molecule has 0 fully saturated rings. The first kappa shape index (κ1) is 16.6. The second kappa shape index (κ2) is 7.51. The molecular weight excluding hydrogens is 366 g/mol. The van der Waals surface area contributed by atoms with E-state index >= 15 is 0 Å². The highest BCUT2D eigenvalue weighted by Crippen LogP contribution is 2.17. The molecule has 1 atom stereocenters. The number of carbonyl (C=O) groups is 2. The number of amides is 2. The molecule has 2 aromatic rings. The Morgan fingerprint density at radius 2 is 2.00 bits per heavy atom. The molecule has 0 aliphatic heterocycles. The van der Waals surface area contributed by atoms with Gasteiger partial charge in [0.1, 0.15) is 6.04 Å². The van der Waals surface area contributed by atoms with Crippen LogP contribution in [-0.2, 0) is 4.79 Å². The van der Waals surface area contributed by atoms with Gasteiger partial charge < -0.3 is 10.6 Å². The van der Waals surface area contributed by atoms with Crippen molar-refractivity contribution in [3.05, 3.63) is 45.9 Å². The van der Waals surface area contributed by atoms with Gasteiger partial charge >= 0.3 is 0 Å². The molecule has 5 nitrogen and oxygen atoms in total. The molecule has 0 spiro atoms. The Kier molecular flexibility index (Phi) is 5.68. The maximum atomic E-state index is 12.4. The monoisotopic (exact) mass is 381 g/mol. The van der Waals surface area contributed by atoms with Crippen LogP contribution < -0.4 is 10.6 Å². The SMILES string of the molecule is CC(C)C(NC(=O)c1ccccc1Br)C(=O)Nc1nccs1. The number of halogens is 1. The number of hydrogen-bond donors (Lipinski definition) is 2. The molecule has 0 aliphatic carbocycles. The van der Waals surface area contributed by atoms with Gasteiger partial charge in [-0.15, -0.1) is 11.3 Å². The van der Waals surface area contributed by atoms with Crippen LogP contribution >= 0.6 is 27.3 Å². The third-order valence-electron chi connectivity index (χ3n) is 3.02. The lowest BCUT2D eigenvalue weighted by Crippen LogP contribution is -2.47. The second-order valence-corrected chi connectivity index (χ2v) is 6.75. The van der Waals surface area contributed by atoms with Gasteiger partial charge in [-0.1, -0.05) is 26.0 Å². The molecule has 116 valence electrons. The van der Waals surface area contributed by atoms with E-state index in [0.29, 0.717) is 15.2 Å². The number of anilines is 1. The molecule has 7 heteroatoms. The van der Waals surface area contributed by atoms with Gasteiger partial charge in [0.2, 0.25) is 5.91 Å². The molecule has 2 amide bonds. The number of rotatable bonds is 5. The third-order valence-corrected chi connectivity index (χ3v) is 4.40. The molecule has 0 saturated carbocycles. The highest BCUT2D eigenvalue weighted by Gasteiger charge is 2.25. The van der Waals surface area contributed by atoms with Crippen LogP contribution in [0.4, 0.5) is 5.13 Å². The van der Waals surface area contributed by atoms with Gasteiger partial charge in [-0.05, 0) is 34.0 Å². The lowest BCUT2D eigenvalue weighted by molar-refractivity contribution is -0.118. The van der Waals surface area contributed by atoms with Crippen molar-refractivity contribution < 1.29 is 9.59 Å². The third kappa shape index (κ3) is 4.14. The van der Waals surface area contributed by atoms with E-state index < -0.39 is 6.04 Å². The summed E-state index contributed by atoms with van der Waals surface area (Å²) >= 11 is 4.67. The summed E-state index contributed by atoms with van der Waals surface area (Å²) in [6.45, 7) is 3.76. The Labute approximate surface area is 141 Å². The van der Waals surface area contributed by atoms with Gasteiger partial charge in [-0.2, -0.15) is 0 Å². The molecule has 0 saturated heterocycles. The van der Waals surface area contributed by atoms with E-state index in [1.165, 1.54) is 11.3 Å². The first-order chi connectivity index (χ1) is 10.5. The minimum Gasteiger partial charge on any atom is -0.340 e. The van der Waals surface area contributed by atoms with Crippen LogP contribution in [0.15, 0.2) is 40.3 Å². The number of nitrogens with one attached hydrogen (secondary N) is 2. The van der Waals surface area contributed by atoms with E-state index in [2.05, 4.69) is 31.5 Å². The van der Waals surface area contributed by atoms with Crippen LogP contribution in [-0.4, -0.2) is 22.8 Å². The fraction of sp³-hybridized carbons (Fsp3) is 0.267. The zero-order valence-corrected chi connectivity index (χ0v) is 14.6. The first-order valence-corrected chi connectivity index (χ1v) is 8.42. The van der Waals surface area contributed by atoms with Crippen molar-refractivity contribution in [3.8, 4) is 0 Å². The smallest absolute Gasteiger partial charge is 0.253 e. The molecular formula is C15H16BrN3O2S. The number of thiazole rings is 1. The van der Waals surface area contributed by atoms with Crippen LogP contribution in [0, 0.1) is 5.92 Å². The Bertz CT molecular complexity index is 659. The van der Waals surface area contributed by atoms with Gasteiger partial charge in [0.25, 0.3) is 5.91 Å². The van der Waals surface area contributed by atoms with Gasteiger partial charge in [-0.25, -0.2) is 4.98 Å². The zero-order valence-electron chi connectivity index (χ0n) is 12.2. The van der Waals surface area contributed by atoms with E-state index in [1.807, 2.05) is 19.9 Å². The largest absolute Gasteiger partial charge is 0.340 e. The fourth-order valence-corrected chi connectivity index (χ4v) is 2.86. The van der Waals surface area contributed by atoms with Crippen LogP contribution in [0.5, 0.6) is 0 Å². The highest BCUT2D eigenvalue weighted by molar-refractivity contribution is 9.10. The Hall–Kier alpha value is -1.73. The van der Waals surface area contributed by atoms with E-state index in [0.717, 1.165) is 0 Å². The summed E-state index contributed by atoms with van der Waals surface area (Å²) in [5.74, 6) is -0.614. The number of aromatic nitrogens is 1. The summed E-state index contributed by atoms with van der Waals surface area (Å²) in [5.41, 5.74) is 0.496. The lowest BCUT2D eigenvalue weighted by Gasteiger charge is -2.21. The molecule has 1 heterocycles. The summed E-state index contributed by atoms with van der Waals surface area (Å²) in [4.78, 5) is 28.7. The van der Waals surface area contributed by atoms with Crippen LogP contribution in [0.25, 0.3) is 0 Å². The summed E-state index contributed by atoms with van der Waals surface area (Å²) in [7, 11) is 0. The Morgan fingerprint density at radius 1 is 1.27 bits per heavy atom. The van der Waals surface area contributed by atoms with Gasteiger partial charge in [0.05, 0.1) is 5.56 Å². The molecule has 2 rings (SSSR count). The van der Waals surface area contributed by atoms with Crippen LogP contribution in [0.3, 0.4) is 0 Å². The van der Waals surface area contributed by atoms with E-state index in [-0.39, 0.29) is 17.7 Å². The Morgan fingerprint density at radius 3 is 2.59 bits per heavy atom. The Balaban J connectivity index is 2.10. The minimum atomic E-state index is -0.636. The topological polar surface area (TPSA) is 71.1 Å². The van der Waals surface area contributed by atoms with Gasteiger partial charge in [-0.3, -0.25) is 9.59 Å². The predicted molar refractivity (Wildman–Crippen MR) is 91.0 cm³/mol. The van der Waals surface area contributed by atoms with E-state index in [1.54, 1.807) is 29.8 Å². The zero-order chi connectivity index (χ0) is 16.1. The molecule has 1 aromatic heterocycles. The molecule has 1 aromatic carbocycles. The van der Waals surface area contributed by atoms with Crippen molar-refractivity contribution in [1.29, 1.82) is 0 Å². The molecule has 22 heavy (non-hydrogen) atoms. The standard InChI is InChI=1S/C15H16BrN3O2S/c1-9(2)12(14(21)19-15-17-7-8-22-15)18-13(20)10-5-3-4-6-11(10)16/h3-9,12H,1-2H3,(H,18,20)(H,17,19,21). The van der Waals surface area contributed by atoms with Crippen LogP contribution in [0.1, 0.15) is 24.2 Å². The van der Waals surface area contributed by atoms with Gasteiger partial charge in [0.15, 0.2) is 5.13 Å². The molecule has 0 radical (unpaired) electrons. The van der Waals surface area contributed by atoms with E-state index in [4.69, 9.17) is 0 Å². The summed E-state index contributed by atoms with van der Waals surface area (Å²) in [6.07, 6.45) is 1.62. The van der Waals surface area contributed by atoms with Crippen molar-refractivity contribution in [2.75, 3.05) is 5.32 Å². The van der Waals surface area contributed by atoms with Gasteiger partial charge in [0, 0.05) is 16.0 Å². The maximum Gasteiger partial charge on any atom is 0.253 e. The second-order valence-electron chi connectivity index (χ2n) is 5.00. The van der Waals surface area contributed by atoms with Crippen molar-refractivity contribution in [3.63, 3.8) is 0 Å². The van der Waals surface area contributed by atoms with Crippen molar-refractivity contribution in [1.82, 2.24) is 10.3 Å². The predicted octanol–water partition coefficient (Wildman–Crippen LogP) is 3.30. The molecule has 2 N–H and O–H groups in total. The number of carbonyl (C=O) groups excluding carboxylic acids is 2. The van der Waals surface area contributed by atoms with Crippen LogP contribution in [0.2, 0.25) is 0 Å². The molecule has 1 unspecified atom stereocenters. The van der Waals surface area contributed by atoms with Crippen molar-refractivity contribution >= 4 is 44.2 Å². The van der Waals surface area contributed by atoms with Crippen molar-refractivity contribution in [2.45, 2.75) is 19.9 Å². The number of nitrogens with zero attached hydrogens (tertiary/aromatic N) is 1.